The Morgan fingerprint density at radius 3 is 2.43 bits per heavy atom. The Kier molecular flexibility index (Phi) is 5.83. The normalized spacial score (nSPS) is 27.2. The number of halogens is 2. The molecule has 2 aliphatic carbocycles. The third-order valence-corrected chi connectivity index (χ3v) is 6.35. The van der Waals surface area contributed by atoms with Gasteiger partial charge in [-0.1, -0.05) is 24.3 Å². The van der Waals surface area contributed by atoms with Crippen LogP contribution in [0.15, 0.2) is 35.3 Å². The molecule has 4 rings (SSSR count). The molecule has 1 heterocycles. The van der Waals surface area contributed by atoms with E-state index in [-0.39, 0.29) is 35.5 Å². The Morgan fingerprint density at radius 1 is 1.10 bits per heavy atom. The summed E-state index contributed by atoms with van der Waals surface area (Å²) in [5.74, 6) is -1.05. The SMILES string of the molecule is CN=C(NCCCN1C(=O)C2C3C=CC(C3)C2C1=O)NCCc1cccc(F)c1F. The van der Waals surface area contributed by atoms with Crippen LogP contribution < -0.4 is 10.6 Å². The summed E-state index contributed by atoms with van der Waals surface area (Å²) in [6, 6.07) is 4.13. The number of guanidine groups is 1. The van der Waals surface area contributed by atoms with Crippen LogP contribution >= 0.6 is 0 Å². The van der Waals surface area contributed by atoms with Crippen LogP contribution in [0.1, 0.15) is 18.4 Å². The molecule has 1 saturated carbocycles. The number of amides is 2. The van der Waals surface area contributed by atoms with Crippen LogP contribution in [-0.2, 0) is 16.0 Å². The molecule has 30 heavy (non-hydrogen) atoms. The van der Waals surface area contributed by atoms with Crippen molar-refractivity contribution in [3.05, 3.63) is 47.5 Å². The van der Waals surface area contributed by atoms with Gasteiger partial charge < -0.3 is 10.6 Å². The maximum Gasteiger partial charge on any atom is 0.233 e. The van der Waals surface area contributed by atoms with Crippen LogP contribution in [0.5, 0.6) is 0 Å². The number of rotatable bonds is 7. The van der Waals surface area contributed by atoms with Gasteiger partial charge in [-0.05, 0) is 42.7 Å². The number of hydrogen-bond donors (Lipinski definition) is 2. The Bertz CT molecular complexity index is 871. The first-order valence-corrected chi connectivity index (χ1v) is 10.4. The van der Waals surface area contributed by atoms with Crippen molar-refractivity contribution in [2.24, 2.45) is 28.7 Å². The van der Waals surface area contributed by atoms with Crippen molar-refractivity contribution in [3.63, 3.8) is 0 Å². The highest BCUT2D eigenvalue weighted by atomic mass is 19.2. The zero-order valence-corrected chi connectivity index (χ0v) is 16.9. The van der Waals surface area contributed by atoms with Gasteiger partial charge in [0.2, 0.25) is 11.8 Å². The molecule has 2 fully saturated rings. The quantitative estimate of drug-likeness (QED) is 0.234. The van der Waals surface area contributed by atoms with Crippen molar-refractivity contribution < 1.29 is 18.4 Å². The summed E-state index contributed by atoms with van der Waals surface area (Å²) in [5.41, 5.74) is 0.304. The first-order chi connectivity index (χ1) is 14.5. The van der Waals surface area contributed by atoms with Gasteiger partial charge in [-0.25, -0.2) is 8.78 Å². The largest absolute Gasteiger partial charge is 0.356 e. The summed E-state index contributed by atoms with van der Waals surface area (Å²) in [4.78, 5) is 30.8. The van der Waals surface area contributed by atoms with Gasteiger partial charge in [-0.15, -0.1) is 0 Å². The molecule has 8 heteroatoms. The van der Waals surface area contributed by atoms with Crippen molar-refractivity contribution in [2.45, 2.75) is 19.3 Å². The fourth-order valence-electron chi connectivity index (χ4n) is 4.91. The fraction of sp³-hybridized carbons (Fsp3) is 0.500. The summed E-state index contributed by atoms with van der Waals surface area (Å²) < 4.78 is 26.9. The van der Waals surface area contributed by atoms with Crippen LogP contribution in [0.25, 0.3) is 0 Å². The average Bonchev–Trinajstić information content (AvgIpc) is 3.42. The van der Waals surface area contributed by atoms with Crippen LogP contribution in [0.2, 0.25) is 0 Å². The maximum absolute atomic E-state index is 13.7. The summed E-state index contributed by atoms with van der Waals surface area (Å²) in [7, 11) is 1.62. The number of carbonyl (C=O) groups excluding carboxylic acids is 2. The fourth-order valence-corrected chi connectivity index (χ4v) is 4.91. The second-order valence-electron chi connectivity index (χ2n) is 8.07. The maximum atomic E-state index is 13.7. The first kappa shape index (κ1) is 20.5. The predicted molar refractivity (Wildman–Crippen MR) is 108 cm³/mol. The molecular weight excluding hydrogens is 390 g/mol. The van der Waals surface area contributed by atoms with Crippen molar-refractivity contribution in [2.75, 3.05) is 26.7 Å². The number of likely N-dealkylation sites (tertiary alicyclic amines) is 1. The molecule has 4 atom stereocenters. The number of nitrogens with zero attached hydrogens (tertiary/aromatic N) is 2. The van der Waals surface area contributed by atoms with Crippen LogP contribution in [0, 0.1) is 35.3 Å². The lowest BCUT2D eigenvalue weighted by molar-refractivity contribution is -0.140. The van der Waals surface area contributed by atoms with Gasteiger partial charge in [0.05, 0.1) is 11.8 Å². The monoisotopic (exact) mass is 416 g/mol. The number of fused-ring (bicyclic) bond motifs is 5. The number of aliphatic imine (C=N–C) groups is 1. The minimum Gasteiger partial charge on any atom is -0.356 e. The highest BCUT2D eigenvalue weighted by Crippen LogP contribution is 2.52. The number of nitrogens with one attached hydrogen (secondary N) is 2. The molecule has 2 amide bonds. The summed E-state index contributed by atoms with van der Waals surface area (Å²) in [6.45, 7) is 1.32. The van der Waals surface area contributed by atoms with E-state index in [9.17, 15) is 18.4 Å². The van der Waals surface area contributed by atoms with Gasteiger partial charge in [0.15, 0.2) is 17.6 Å². The molecule has 160 valence electrons. The second-order valence-corrected chi connectivity index (χ2v) is 8.07. The Morgan fingerprint density at radius 2 is 1.77 bits per heavy atom. The van der Waals surface area contributed by atoms with E-state index in [0.717, 1.165) is 12.5 Å². The van der Waals surface area contributed by atoms with E-state index in [1.54, 1.807) is 13.1 Å². The highest BCUT2D eigenvalue weighted by molar-refractivity contribution is 6.06. The van der Waals surface area contributed by atoms with E-state index in [0.29, 0.717) is 44.0 Å². The van der Waals surface area contributed by atoms with Gasteiger partial charge in [-0.3, -0.25) is 19.5 Å². The number of imide groups is 1. The lowest BCUT2D eigenvalue weighted by Crippen LogP contribution is -2.40. The average molecular weight is 416 g/mol. The van der Waals surface area contributed by atoms with Crippen molar-refractivity contribution in [1.29, 1.82) is 0 Å². The van der Waals surface area contributed by atoms with Crippen LogP contribution in [0.4, 0.5) is 8.78 Å². The Labute approximate surface area is 174 Å². The van der Waals surface area contributed by atoms with Gasteiger partial charge in [-0.2, -0.15) is 0 Å². The number of hydrogen-bond acceptors (Lipinski definition) is 3. The predicted octanol–water partition coefficient (Wildman–Crippen LogP) is 1.87. The third kappa shape index (κ3) is 3.70. The molecule has 1 aliphatic heterocycles. The van der Waals surface area contributed by atoms with Crippen LogP contribution in [0.3, 0.4) is 0 Å². The van der Waals surface area contributed by atoms with E-state index in [4.69, 9.17) is 0 Å². The molecule has 3 aliphatic rings. The van der Waals surface area contributed by atoms with Crippen molar-refractivity contribution >= 4 is 17.8 Å². The molecule has 1 aromatic carbocycles. The topological polar surface area (TPSA) is 73.8 Å². The molecule has 2 N–H and O–H groups in total. The van der Waals surface area contributed by atoms with Crippen LogP contribution in [-0.4, -0.2) is 49.4 Å². The van der Waals surface area contributed by atoms with Crippen molar-refractivity contribution in [1.82, 2.24) is 15.5 Å². The Hall–Kier alpha value is -2.77. The van der Waals surface area contributed by atoms with Gasteiger partial charge >= 0.3 is 0 Å². The molecule has 0 aromatic heterocycles. The molecule has 0 radical (unpaired) electrons. The molecule has 1 aromatic rings. The highest BCUT2D eigenvalue weighted by Gasteiger charge is 2.58. The van der Waals surface area contributed by atoms with Gasteiger partial charge in [0.1, 0.15) is 0 Å². The molecule has 2 bridgehead atoms. The second kappa shape index (κ2) is 8.53. The lowest BCUT2D eigenvalue weighted by Gasteiger charge is -2.18. The molecule has 6 nitrogen and oxygen atoms in total. The van der Waals surface area contributed by atoms with Crippen molar-refractivity contribution in [3.8, 4) is 0 Å². The van der Waals surface area contributed by atoms with E-state index in [2.05, 4.69) is 27.8 Å². The zero-order chi connectivity index (χ0) is 21.3. The molecule has 0 spiro atoms. The summed E-state index contributed by atoms with van der Waals surface area (Å²) >= 11 is 0. The number of carbonyl (C=O) groups is 2. The molecular formula is C22H26F2N4O2. The first-order valence-electron chi connectivity index (χ1n) is 10.4. The minimum absolute atomic E-state index is 0.0264. The van der Waals surface area contributed by atoms with E-state index >= 15 is 0 Å². The summed E-state index contributed by atoms with van der Waals surface area (Å²) in [6.07, 6.45) is 6.05. The van der Waals surface area contributed by atoms with Gasteiger partial charge in [0, 0.05) is 26.7 Å². The zero-order valence-electron chi connectivity index (χ0n) is 16.9. The molecule has 4 unspecified atom stereocenters. The van der Waals surface area contributed by atoms with E-state index < -0.39 is 11.6 Å². The molecule has 1 saturated heterocycles. The smallest absolute Gasteiger partial charge is 0.233 e. The van der Waals surface area contributed by atoms with Gasteiger partial charge in [0.25, 0.3) is 0 Å². The van der Waals surface area contributed by atoms with E-state index in [1.165, 1.54) is 11.0 Å². The number of benzene rings is 1. The standard InChI is InChI=1S/C22H26F2N4O2/c1-25-22(27-10-8-13-4-2-5-16(23)19(13)24)26-9-3-11-28-20(29)17-14-6-7-15(12-14)18(17)21(28)30/h2,4-7,14-15,17-18H,3,8-12H2,1H3,(H2,25,26,27). The third-order valence-electron chi connectivity index (χ3n) is 6.35. The lowest BCUT2D eigenvalue weighted by atomic mass is 9.85. The summed E-state index contributed by atoms with van der Waals surface area (Å²) in [5, 5.41) is 6.18. The Balaban J connectivity index is 1.19. The number of allylic oxidation sites excluding steroid dienone is 2. The minimum atomic E-state index is -0.853. The van der Waals surface area contributed by atoms with E-state index in [1.807, 2.05) is 0 Å².